The lowest BCUT2D eigenvalue weighted by Crippen LogP contribution is -2.55. The number of nitrogens with zero attached hydrogens (tertiary/aromatic N) is 1. The van der Waals surface area contributed by atoms with Gasteiger partial charge in [0.05, 0.1) is 1.37 Å². The van der Waals surface area contributed by atoms with Crippen molar-refractivity contribution in [3.05, 3.63) is 30.1 Å². The second-order valence-corrected chi connectivity index (χ2v) is 3.06. The van der Waals surface area contributed by atoms with Gasteiger partial charge in [-0.1, -0.05) is 0 Å². The Balaban J connectivity index is 3.16. The largest absolute Gasteiger partial charge is 0.368 e. The number of ketones is 1. The van der Waals surface area contributed by atoms with Crippen LogP contribution in [0.5, 0.6) is 0 Å². The molecular formula is C9H11N3O2. The summed E-state index contributed by atoms with van der Waals surface area (Å²) in [6, 6.07) is 2.87. The fraction of sp³-hybridized carbons (Fsp3) is 0.222. The van der Waals surface area contributed by atoms with Gasteiger partial charge in [0.25, 0.3) is 0 Å². The predicted octanol–water partition coefficient (Wildman–Crippen LogP) is -0.533. The number of Topliss-reactive ketones (excluding diaryl/α,β-unsaturated/α-hetero) is 1. The van der Waals surface area contributed by atoms with Crippen LogP contribution >= 0.6 is 0 Å². The lowest BCUT2D eigenvalue weighted by Gasteiger charge is -2.18. The normalized spacial score (nSPS) is 15.4. The molecule has 5 nitrogen and oxygen atoms in total. The summed E-state index contributed by atoms with van der Waals surface area (Å²) in [6.07, 6.45) is 1.15. The van der Waals surface area contributed by atoms with Gasteiger partial charge < -0.3 is 11.5 Å². The molecule has 0 aliphatic heterocycles. The van der Waals surface area contributed by atoms with Crippen LogP contribution in [-0.2, 0) is 4.79 Å². The van der Waals surface area contributed by atoms with E-state index >= 15 is 0 Å². The van der Waals surface area contributed by atoms with Crippen LogP contribution < -0.4 is 11.5 Å². The Morgan fingerprint density at radius 2 is 2.29 bits per heavy atom. The molecule has 0 unspecified atom stereocenters. The zero-order valence-corrected chi connectivity index (χ0v) is 7.65. The summed E-state index contributed by atoms with van der Waals surface area (Å²) < 4.78 is 7.38. The zero-order chi connectivity index (χ0) is 11.6. The Kier molecular flexibility index (Phi) is 2.24. The number of hydrogen-bond donors (Lipinski definition) is 2. The van der Waals surface area contributed by atoms with Crippen molar-refractivity contribution in [1.29, 1.82) is 0 Å². The molecule has 74 valence electrons. The molecule has 1 amide bonds. The second-order valence-electron chi connectivity index (χ2n) is 3.06. The molecule has 1 atom stereocenters. The van der Waals surface area contributed by atoms with Crippen molar-refractivity contribution >= 4 is 11.7 Å². The SMILES string of the molecule is [2H]c1ncccc1C(=O)[C@@](C)(N)C(N)=O. The Bertz CT molecular complexity index is 418. The van der Waals surface area contributed by atoms with Gasteiger partial charge in [0.2, 0.25) is 5.91 Å². The smallest absolute Gasteiger partial charge is 0.245 e. The van der Waals surface area contributed by atoms with Gasteiger partial charge in [-0.2, -0.15) is 0 Å². The maximum Gasteiger partial charge on any atom is 0.245 e. The van der Waals surface area contributed by atoms with Crippen molar-refractivity contribution in [2.45, 2.75) is 12.5 Å². The molecule has 0 bridgehead atoms. The molecule has 4 N–H and O–H groups in total. The number of carbonyl (C=O) groups excluding carboxylic acids is 2. The van der Waals surface area contributed by atoms with E-state index in [0.717, 1.165) is 0 Å². The van der Waals surface area contributed by atoms with E-state index in [9.17, 15) is 9.59 Å². The number of amides is 1. The third-order valence-electron chi connectivity index (χ3n) is 1.84. The molecule has 0 aliphatic rings. The molecule has 0 saturated heterocycles. The van der Waals surface area contributed by atoms with Crippen LogP contribution in [-0.4, -0.2) is 22.2 Å². The van der Waals surface area contributed by atoms with E-state index in [4.69, 9.17) is 12.8 Å². The molecule has 1 aromatic heterocycles. The molecule has 0 saturated carbocycles. The lowest BCUT2D eigenvalue weighted by atomic mass is 9.92. The van der Waals surface area contributed by atoms with Gasteiger partial charge in [-0.25, -0.2) is 0 Å². The number of carbonyl (C=O) groups is 2. The van der Waals surface area contributed by atoms with Crippen molar-refractivity contribution < 1.29 is 11.0 Å². The number of aromatic nitrogens is 1. The standard InChI is InChI=1S/C9H11N3O2/c1-9(11,8(10)14)7(13)6-3-2-4-12-5-6/h2-5H,11H2,1H3,(H2,10,14)/t9-/m1/s1/i5D. The van der Waals surface area contributed by atoms with Crippen LogP contribution in [0.4, 0.5) is 0 Å². The van der Waals surface area contributed by atoms with Crippen LogP contribution in [0.2, 0.25) is 0 Å². The first-order valence-electron chi connectivity index (χ1n) is 4.42. The molecule has 0 aliphatic carbocycles. The quantitative estimate of drug-likeness (QED) is 0.499. The fourth-order valence-corrected chi connectivity index (χ4v) is 0.844. The second kappa shape index (κ2) is 3.55. The highest BCUT2D eigenvalue weighted by atomic mass is 16.2. The number of rotatable bonds is 3. The highest BCUT2D eigenvalue weighted by Crippen LogP contribution is 2.08. The summed E-state index contributed by atoms with van der Waals surface area (Å²) in [7, 11) is 0. The number of pyridine rings is 1. The van der Waals surface area contributed by atoms with Crippen molar-refractivity contribution in [3.63, 3.8) is 0 Å². The molecule has 1 heterocycles. The van der Waals surface area contributed by atoms with Gasteiger partial charge in [-0.05, 0) is 19.1 Å². The summed E-state index contributed by atoms with van der Waals surface area (Å²) in [4.78, 5) is 26.3. The predicted molar refractivity (Wildman–Crippen MR) is 50.4 cm³/mol. The average Bonchev–Trinajstić information content (AvgIpc) is 2.17. The van der Waals surface area contributed by atoms with Gasteiger partial charge >= 0.3 is 0 Å². The third-order valence-corrected chi connectivity index (χ3v) is 1.84. The van der Waals surface area contributed by atoms with E-state index in [0.29, 0.717) is 0 Å². The van der Waals surface area contributed by atoms with Gasteiger partial charge in [0, 0.05) is 17.9 Å². The maximum absolute atomic E-state index is 11.7. The Labute approximate surface area is 82.5 Å². The molecule has 0 radical (unpaired) electrons. The summed E-state index contributed by atoms with van der Waals surface area (Å²) in [5.41, 5.74) is 8.64. The summed E-state index contributed by atoms with van der Waals surface area (Å²) in [6.45, 7) is 1.21. The highest BCUT2D eigenvalue weighted by molar-refractivity contribution is 6.16. The van der Waals surface area contributed by atoms with Crippen LogP contribution in [0.1, 0.15) is 18.7 Å². The molecule has 0 aromatic carbocycles. The molecule has 0 spiro atoms. The van der Waals surface area contributed by atoms with E-state index in [-0.39, 0.29) is 11.7 Å². The Hall–Kier alpha value is -1.75. The molecule has 5 heteroatoms. The van der Waals surface area contributed by atoms with Gasteiger partial charge in [0.1, 0.15) is 0 Å². The molecule has 1 rings (SSSR count). The summed E-state index contributed by atoms with van der Waals surface area (Å²) >= 11 is 0. The Morgan fingerprint density at radius 3 is 2.79 bits per heavy atom. The van der Waals surface area contributed by atoms with Crippen molar-refractivity contribution in [2.24, 2.45) is 11.5 Å². The van der Waals surface area contributed by atoms with Crippen LogP contribution in [0.25, 0.3) is 0 Å². The van der Waals surface area contributed by atoms with Crippen molar-refractivity contribution in [1.82, 2.24) is 4.98 Å². The molecular weight excluding hydrogens is 182 g/mol. The third kappa shape index (κ3) is 1.77. The summed E-state index contributed by atoms with van der Waals surface area (Å²) in [5, 5.41) is 0. The lowest BCUT2D eigenvalue weighted by molar-refractivity contribution is -0.121. The zero-order valence-electron chi connectivity index (χ0n) is 8.65. The maximum atomic E-state index is 11.7. The first kappa shape index (κ1) is 8.83. The van der Waals surface area contributed by atoms with Gasteiger partial charge in [-0.3, -0.25) is 14.6 Å². The van der Waals surface area contributed by atoms with Gasteiger partial charge in [0.15, 0.2) is 11.3 Å². The number of primary amides is 1. The fourth-order valence-electron chi connectivity index (χ4n) is 0.844. The van der Waals surface area contributed by atoms with Crippen molar-refractivity contribution in [2.75, 3.05) is 0 Å². The minimum Gasteiger partial charge on any atom is -0.368 e. The monoisotopic (exact) mass is 194 g/mol. The molecule has 1 aromatic rings. The van der Waals surface area contributed by atoms with E-state index in [2.05, 4.69) is 4.98 Å². The van der Waals surface area contributed by atoms with E-state index < -0.39 is 17.2 Å². The van der Waals surface area contributed by atoms with Crippen LogP contribution in [0, 0.1) is 0 Å². The minimum atomic E-state index is -1.81. The van der Waals surface area contributed by atoms with E-state index in [1.807, 2.05) is 0 Å². The average molecular weight is 194 g/mol. The van der Waals surface area contributed by atoms with Gasteiger partial charge in [-0.15, -0.1) is 0 Å². The summed E-state index contributed by atoms with van der Waals surface area (Å²) in [5.74, 6) is -1.64. The van der Waals surface area contributed by atoms with E-state index in [1.54, 1.807) is 0 Å². The number of nitrogens with two attached hydrogens (primary N) is 2. The highest BCUT2D eigenvalue weighted by Gasteiger charge is 2.35. The van der Waals surface area contributed by atoms with Crippen LogP contribution in [0.3, 0.4) is 0 Å². The van der Waals surface area contributed by atoms with Crippen LogP contribution in [0.15, 0.2) is 24.5 Å². The minimum absolute atomic E-state index is 0.0127. The Morgan fingerprint density at radius 1 is 1.64 bits per heavy atom. The number of hydrogen-bond acceptors (Lipinski definition) is 4. The van der Waals surface area contributed by atoms with E-state index in [1.165, 1.54) is 25.3 Å². The van der Waals surface area contributed by atoms with Crippen molar-refractivity contribution in [3.8, 4) is 0 Å². The first-order valence-corrected chi connectivity index (χ1v) is 3.92. The first-order chi connectivity index (χ1) is 6.87. The topological polar surface area (TPSA) is 99.1 Å². The molecule has 0 fully saturated rings. The molecule has 14 heavy (non-hydrogen) atoms.